The lowest BCUT2D eigenvalue weighted by atomic mass is 10.1. The summed E-state index contributed by atoms with van der Waals surface area (Å²) in [7, 11) is 0. The third kappa shape index (κ3) is 3.93. The van der Waals surface area contributed by atoms with Crippen molar-refractivity contribution in [3.8, 4) is 6.07 Å². The van der Waals surface area contributed by atoms with Gasteiger partial charge in [0.05, 0.1) is 6.07 Å². The predicted octanol–water partition coefficient (Wildman–Crippen LogP) is 0.418. The largest absolute Gasteiger partial charge is 0.346 e. The summed E-state index contributed by atoms with van der Waals surface area (Å²) < 4.78 is 0.0885. The van der Waals surface area contributed by atoms with Gasteiger partial charge in [-0.1, -0.05) is 12.8 Å². The lowest BCUT2D eigenvalue weighted by molar-refractivity contribution is -0.139. The molecule has 17 heavy (non-hydrogen) atoms. The van der Waals surface area contributed by atoms with Crippen LogP contribution in [0.25, 0.3) is 0 Å². The van der Waals surface area contributed by atoms with Crippen LogP contribution in [0.2, 0.25) is 0 Å². The molecule has 2 amide bonds. The highest BCUT2D eigenvalue weighted by molar-refractivity contribution is 8.00. The molecule has 0 aromatic heterocycles. The SMILES string of the molecule is CSC1(CNC(=O)C(=O)NCC#N)CCCC1. The quantitative estimate of drug-likeness (QED) is 0.563. The first-order chi connectivity index (χ1) is 8.13. The monoisotopic (exact) mass is 255 g/mol. The number of nitriles is 1. The summed E-state index contributed by atoms with van der Waals surface area (Å²) in [4.78, 5) is 22.6. The minimum atomic E-state index is -0.735. The Morgan fingerprint density at radius 2 is 1.88 bits per heavy atom. The van der Waals surface area contributed by atoms with Crippen molar-refractivity contribution in [3.05, 3.63) is 0 Å². The average molecular weight is 255 g/mol. The van der Waals surface area contributed by atoms with E-state index >= 15 is 0 Å². The molecule has 0 atom stereocenters. The highest BCUT2D eigenvalue weighted by atomic mass is 32.2. The molecule has 0 heterocycles. The summed E-state index contributed by atoms with van der Waals surface area (Å²) in [6.07, 6.45) is 6.55. The van der Waals surface area contributed by atoms with Crippen LogP contribution in [0, 0.1) is 11.3 Å². The van der Waals surface area contributed by atoms with Crippen molar-refractivity contribution in [2.24, 2.45) is 0 Å². The van der Waals surface area contributed by atoms with Crippen LogP contribution in [0.3, 0.4) is 0 Å². The van der Waals surface area contributed by atoms with Crippen LogP contribution in [-0.2, 0) is 9.59 Å². The standard InChI is InChI=1S/C11H17N3O2S/c1-17-11(4-2-3-5-11)8-14-10(16)9(15)13-7-6-12/h2-5,7-8H2,1H3,(H,13,15)(H,14,16). The van der Waals surface area contributed by atoms with Crippen molar-refractivity contribution in [2.75, 3.05) is 19.3 Å². The van der Waals surface area contributed by atoms with Gasteiger partial charge >= 0.3 is 11.8 Å². The fourth-order valence-electron chi connectivity index (χ4n) is 1.99. The molecule has 0 bridgehead atoms. The van der Waals surface area contributed by atoms with Crippen LogP contribution >= 0.6 is 11.8 Å². The van der Waals surface area contributed by atoms with Gasteiger partial charge in [-0.15, -0.1) is 0 Å². The summed E-state index contributed by atoms with van der Waals surface area (Å²) >= 11 is 1.75. The Labute approximate surface area is 105 Å². The molecule has 1 fully saturated rings. The molecule has 1 saturated carbocycles. The molecule has 1 rings (SSSR count). The van der Waals surface area contributed by atoms with Crippen molar-refractivity contribution in [1.29, 1.82) is 5.26 Å². The number of amides is 2. The van der Waals surface area contributed by atoms with E-state index in [9.17, 15) is 9.59 Å². The van der Waals surface area contributed by atoms with Crippen molar-refractivity contribution >= 4 is 23.6 Å². The Balaban J connectivity index is 2.37. The Morgan fingerprint density at radius 1 is 1.29 bits per heavy atom. The van der Waals surface area contributed by atoms with E-state index in [1.165, 1.54) is 12.8 Å². The van der Waals surface area contributed by atoms with Gasteiger partial charge in [-0.25, -0.2) is 0 Å². The molecule has 0 spiro atoms. The average Bonchev–Trinajstić information content (AvgIpc) is 2.82. The molecule has 1 aliphatic rings. The van der Waals surface area contributed by atoms with E-state index in [2.05, 4.69) is 10.6 Å². The second-order valence-corrected chi connectivity index (χ2v) is 5.39. The Hall–Kier alpha value is -1.22. The molecule has 6 heteroatoms. The van der Waals surface area contributed by atoms with E-state index in [0.717, 1.165) is 12.8 Å². The molecule has 0 radical (unpaired) electrons. The van der Waals surface area contributed by atoms with E-state index in [4.69, 9.17) is 5.26 Å². The van der Waals surface area contributed by atoms with Crippen LogP contribution in [0.5, 0.6) is 0 Å². The number of nitrogens with one attached hydrogen (secondary N) is 2. The van der Waals surface area contributed by atoms with Gasteiger partial charge < -0.3 is 10.6 Å². The number of nitrogens with zero attached hydrogens (tertiary/aromatic N) is 1. The van der Waals surface area contributed by atoms with Crippen molar-refractivity contribution in [3.63, 3.8) is 0 Å². The van der Waals surface area contributed by atoms with Gasteiger partial charge in [0.1, 0.15) is 6.54 Å². The van der Waals surface area contributed by atoms with Crippen molar-refractivity contribution < 1.29 is 9.59 Å². The molecule has 0 aromatic carbocycles. The lowest BCUT2D eigenvalue weighted by Gasteiger charge is -2.26. The maximum absolute atomic E-state index is 11.4. The predicted molar refractivity (Wildman–Crippen MR) is 66.3 cm³/mol. The highest BCUT2D eigenvalue weighted by Gasteiger charge is 2.33. The maximum Gasteiger partial charge on any atom is 0.310 e. The Kier molecular flexibility index (Phi) is 5.29. The maximum atomic E-state index is 11.4. The first kappa shape index (κ1) is 13.8. The van der Waals surface area contributed by atoms with E-state index in [1.54, 1.807) is 17.8 Å². The van der Waals surface area contributed by atoms with E-state index < -0.39 is 11.8 Å². The van der Waals surface area contributed by atoms with Crippen LogP contribution in [-0.4, -0.2) is 35.9 Å². The lowest BCUT2D eigenvalue weighted by Crippen LogP contribution is -2.45. The first-order valence-corrected chi connectivity index (χ1v) is 6.84. The summed E-state index contributed by atoms with van der Waals surface area (Å²) in [5.41, 5.74) is 0. The number of carbonyl (C=O) groups excluding carboxylic acids is 2. The summed E-state index contributed by atoms with van der Waals surface area (Å²) in [6.45, 7) is 0.382. The topological polar surface area (TPSA) is 82.0 Å². The van der Waals surface area contributed by atoms with E-state index in [0.29, 0.717) is 6.54 Å². The molecule has 0 unspecified atom stereocenters. The van der Waals surface area contributed by atoms with Gasteiger partial charge in [0.15, 0.2) is 0 Å². The molecular formula is C11H17N3O2S. The van der Waals surface area contributed by atoms with Gasteiger partial charge in [-0.3, -0.25) is 9.59 Å². The number of hydrogen-bond donors (Lipinski definition) is 2. The normalized spacial score (nSPS) is 17.2. The van der Waals surface area contributed by atoms with Crippen molar-refractivity contribution in [1.82, 2.24) is 10.6 Å². The minimum Gasteiger partial charge on any atom is -0.346 e. The summed E-state index contributed by atoms with van der Waals surface area (Å²) in [6, 6.07) is 1.75. The van der Waals surface area contributed by atoms with Crippen LogP contribution in [0.15, 0.2) is 0 Å². The van der Waals surface area contributed by atoms with Gasteiger partial charge in [-0.2, -0.15) is 17.0 Å². The highest BCUT2D eigenvalue weighted by Crippen LogP contribution is 2.39. The molecule has 0 aromatic rings. The van der Waals surface area contributed by atoms with Gasteiger partial charge in [0.25, 0.3) is 0 Å². The fourth-order valence-corrected chi connectivity index (χ4v) is 2.91. The second kappa shape index (κ2) is 6.50. The molecular weight excluding hydrogens is 238 g/mol. The van der Waals surface area contributed by atoms with Crippen LogP contribution in [0.1, 0.15) is 25.7 Å². The van der Waals surface area contributed by atoms with E-state index in [-0.39, 0.29) is 11.3 Å². The summed E-state index contributed by atoms with van der Waals surface area (Å²) in [5, 5.41) is 13.1. The number of hydrogen-bond acceptors (Lipinski definition) is 4. The smallest absolute Gasteiger partial charge is 0.310 e. The fraction of sp³-hybridized carbons (Fsp3) is 0.727. The zero-order chi connectivity index (χ0) is 12.7. The Bertz CT molecular complexity index is 332. The number of thioether (sulfide) groups is 1. The van der Waals surface area contributed by atoms with Crippen LogP contribution < -0.4 is 10.6 Å². The van der Waals surface area contributed by atoms with Crippen molar-refractivity contribution in [2.45, 2.75) is 30.4 Å². The molecule has 94 valence electrons. The number of rotatable bonds is 4. The first-order valence-electron chi connectivity index (χ1n) is 5.62. The molecule has 0 saturated heterocycles. The third-order valence-corrected chi connectivity index (χ3v) is 4.47. The molecule has 0 aliphatic heterocycles. The second-order valence-electron chi connectivity index (χ2n) is 4.12. The van der Waals surface area contributed by atoms with Gasteiger partial charge in [0.2, 0.25) is 0 Å². The zero-order valence-electron chi connectivity index (χ0n) is 9.91. The minimum absolute atomic E-state index is 0.0885. The van der Waals surface area contributed by atoms with E-state index in [1.807, 2.05) is 6.26 Å². The Morgan fingerprint density at radius 3 is 2.41 bits per heavy atom. The summed E-state index contributed by atoms with van der Waals surface area (Å²) in [5.74, 6) is -1.39. The van der Waals surface area contributed by atoms with Crippen LogP contribution in [0.4, 0.5) is 0 Å². The van der Waals surface area contributed by atoms with Gasteiger partial charge in [-0.05, 0) is 19.1 Å². The molecule has 1 aliphatic carbocycles. The molecule has 2 N–H and O–H groups in total. The molecule has 5 nitrogen and oxygen atoms in total. The zero-order valence-corrected chi connectivity index (χ0v) is 10.7. The third-order valence-electron chi connectivity index (χ3n) is 3.05. The van der Waals surface area contributed by atoms with Gasteiger partial charge in [0, 0.05) is 11.3 Å². The number of carbonyl (C=O) groups is 2.